The zero-order valence-electron chi connectivity index (χ0n) is 15.2. The zero-order chi connectivity index (χ0) is 17.9. The number of nitrogens with one attached hydrogen (secondary N) is 1. The van der Waals surface area contributed by atoms with Crippen molar-refractivity contribution in [3.8, 4) is 0 Å². The van der Waals surface area contributed by atoms with E-state index in [1.165, 1.54) is 13.2 Å². The van der Waals surface area contributed by atoms with Crippen molar-refractivity contribution in [2.24, 2.45) is 5.92 Å². The second-order valence-corrected chi connectivity index (χ2v) is 6.02. The van der Waals surface area contributed by atoms with E-state index in [2.05, 4.69) is 23.9 Å². The molecule has 0 radical (unpaired) electrons. The molecule has 1 aromatic carbocycles. The number of carbonyl (C=O) groups is 1. The molecule has 1 N–H and O–H groups in total. The van der Waals surface area contributed by atoms with Crippen LogP contribution in [0.3, 0.4) is 0 Å². The SMILES string of the molecule is CCCC[C@H](CC)[C@@H](OCCNC(=O)OC)c1cc(F)ccc1C. The molecule has 0 spiro atoms. The van der Waals surface area contributed by atoms with Crippen molar-refractivity contribution in [2.75, 3.05) is 20.3 Å². The number of halogens is 1. The van der Waals surface area contributed by atoms with Gasteiger partial charge in [0, 0.05) is 6.54 Å². The highest BCUT2D eigenvalue weighted by atomic mass is 19.1. The molecule has 0 bridgehead atoms. The summed E-state index contributed by atoms with van der Waals surface area (Å²) < 4.78 is 24.4. The van der Waals surface area contributed by atoms with Crippen molar-refractivity contribution < 1.29 is 18.7 Å². The predicted octanol–water partition coefficient (Wildman–Crippen LogP) is 4.76. The lowest BCUT2D eigenvalue weighted by atomic mass is 9.87. The summed E-state index contributed by atoms with van der Waals surface area (Å²) in [6.45, 7) is 7.00. The van der Waals surface area contributed by atoms with E-state index in [0.29, 0.717) is 19.1 Å². The van der Waals surface area contributed by atoms with E-state index in [1.54, 1.807) is 12.1 Å². The molecule has 24 heavy (non-hydrogen) atoms. The molecule has 0 aliphatic rings. The van der Waals surface area contributed by atoms with Crippen LogP contribution in [0.5, 0.6) is 0 Å². The number of methoxy groups -OCH3 is 1. The van der Waals surface area contributed by atoms with Gasteiger partial charge >= 0.3 is 6.09 Å². The van der Waals surface area contributed by atoms with Gasteiger partial charge in [0.25, 0.3) is 0 Å². The van der Waals surface area contributed by atoms with Gasteiger partial charge in [-0.2, -0.15) is 0 Å². The van der Waals surface area contributed by atoms with Gasteiger partial charge in [0.2, 0.25) is 0 Å². The highest BCUT2D eigenvalue weighted by Crippen LogP contribution is 2.34. The Bertz CT molecular complexity index is 507. The maximum atomic E-state index is 13.7. The number of hydrogen-bond donors (Lipinski definition) is 1. The van der Waals surface area contributed by atoms with E-state index in [0.717, 1.165) is 36.8 Å². The van der Waals surface area contributed by atoms with E-state index in [9.17, 15) is 9.18 Å². The van der Waals surface area contributed by atoms with Gasteiger partial charge in [0.1, 0.15) is 5.82 Å². The normalized spacial score (nSPS) is 13.4. The lowest BCUT2D eigenvalue weighted by Crippen LogP contribution is -2.28. The minimum Gasteiger partial charge on any atom is -0.453 e. The number of unbranched alkanes of at least 4 members (excludes halogenated alkanes) is 1. The molecular formula is C19H30FNO3. The van der Waals surface area contributed by atoms with Crippen molar-refractivity contribution in [1.29, 1.82) is 0 Å². The number of rotatable bonds is 10. The largest absolute Gasteiger partial charge is 0.453 e. The van der Waals surface area contributed by atoms with Crippen molar-refractivity contribution in [3.63, 3.8) is 0 Å². The molecule has 0 saturated carbocycles. The van der Waals surface area contributed by atoms with Gasteiger partial charge in [-0.05, 0) is 42.5 Å². The fourth-order valence-corrected chi connectivity index (χ4v) is 2.84. The Balaban J connectivity index is 2.85. The van der Waals surface area contributed by atoms with Gasteiger partial charge < -0.3 is 14.8 Å². The smallest absolute Gasteiger partial charge is 0.406 e. The van der Waals surface area contributed by atoms with E-state index >= 15 is 0 Å². The average Bonchev–Trinajstić information content (AvgIpc) is 2.59. The second-order valence-electron chi connectivity index (χ2n) is 6.02. The van der Waals surface area contributed by atoms with Crippen molar-refractivity contribution in [2.45, 2.75) is 52.6 Å². The molecule has 0 aromatic heterocycles. The quantitative estimate of drug-likeness (QED) is 0.625. The Morgan fingerprint density at radius 1 is 1.33 bits per heavy atom. The number of hydrogen-bond acceptors (Lipinski definition) is 3. The lowest BCUT2D eigenvalue weighted by Gasteiger charge is -2.28. The van der Waals surface area contributed by atoms with Crippen molar-refractivity contribution in [3.05, 3.63) is 35.1 Å². The Hall–Kier alpha value is -1.62. The van der Waals surface area contributed by atoms with Gasteiger partial charge in [-0.3, -0.25) is 0 Å². The topological polar surface area (TPSA) is 47.6 Å². The fraction of sp³-hybridized carbons (Fsp3) is 0.632. The molecule has 5 heteroatoms. The molecule has 2 atom stereocenters. The first-order valence-electron chi connectivity index (χ1n) is 8.72. The van der Waals surface area contributed by atoms with Gasteiger partial charge in [-0.25, -0.2) is 9.18 Å². The molecular weight excluding hydrogens is 309 g/mol. The molecule has 0 aliphatic carbocycles. The van der Waals surface area contributed by atoms with Crippen LogP contribution in [0, 0.1) is 18.7 Å². The number of amides is 1. The maximum absolute atomic E-state index is 13.7. The molecule has 0 fully saturated rings. The molecule has 0 unspecified atom stereocenters. The standard InChI is InChI=1S/C19H30FNO3/c1-5-7-8-15(6-2)18(24-12-11-21-19(22)23-4)17-13-16(20)10-9-14(17)3/h9-10,13,15,18H,5-8,11-12H2,1-4H3,(H,21,22)/t15-,18+/m0/s1. The minimum absolute atomic E-state index is 0.170. The van der Waals surface area contributed by atoms with Crippen molar-refractivity contribution >= 4 is 6.09 Å². The Morgan fingerprint density at radius 2 is 2.08 bits per heavy atom. The van der Waals surface area contributed by atoms with Gasteiger partial charge in [-0.1, -0.05) is 39.2 Å². The highest BCUT2D eigenvalue weighted by molar-refractivity contribution is 5.66. The lowest BCUT2D eigenvalue weighted by molar-refractivity contribution is 0.00686. The second kappa shape index (κ2) is 11.0. The van der Waals surface area contributed by atoms with Gasteiger partial charge in [0.15, 0.2) is 0 Å². The fourth-order valence-electron chi connectivity index (χ4n) is 2.84. The maximum Gasteiger partial charge on any atom is 0.406 e. The molecule has 4 nitrogen and oxygen atoms in total. The summed E-state index contributed by atoms with van der Waals surface area (Å²) in [5.74, 6) is 0.0748. The van der Waals surface area contributed by atoms with Crippen LogP contribution >= 0.6 is 0 Å². The number of ether oxygens (including phenoxy) is 2. The van der Waals surface area contributed by atoms with Crippen LogP contribution in [0.2, 0.25) is 0 Å². The minimum atomic E-state index is -0.477. The number of aryl methyl sites for hydroxylation is 1. The molecule has 1 aromatic rings. The average molecular weight is 339 g/mol. The molecule has 0 saturated heterocycles. The summed E-state index contributed by atoms with van der Waals surface area (Å²) in [5, 5.41) is 2.61. The molecule has 1 amide bonds. The third-order valence-corrected chi connectivity index (χ3v) is 4.28. The summed E-state index contributed by atoms with van der Waals surface area (Å²) in [4.78, 5) is 11.1. The van der Waals surface area contributed by atoms with Crippen LogP contribution in [0.25, 0.3) is 0 Å². The third kappa shape index (κ3) is 6.48. The van der Waals surface area contributed by atoms with Gasteiger partial charge in [0.05, 0.1) is 19.8 Å². The summed E-state index contributed by atoms with van der Waals surface area (Å²) in [7, 11) is 1.33. The summed E-state index contributed by atoms with van der Waals surface area (Å²) in [6, 6.07) is 4.84. The molecule has 1 rings (SSSR count). The Kier molecular flexibility index (Phi) is 9.38. The summed E-state index contributed by atoms with van der Waals surface area (Å²) in [6.07, 6.45) is 3.60. The van der Waals surface area contributed by atoms with E-state index in [-0.39, 0.29) is 11.9 Å². The number of carbonyl (C=O) groups excluding carboxylic acids is 1. The number of benzene rings is 1. The van der Waals surface area contributed by atoms with Crippen LogP contribution in [0.15, 0.2) is 18.2 Å². The van der Waals surface area contributed by atoms with Crippen LogP contribution in [0.4, 0.5) is 9.18 Å². The van der Waals surface area contributed by atoms with Crippen LogP contribution in [0.1, 0.15) is 56.8 Å². The number of alkyl carbamates (subject to hydrolysis) is 1. The highest BCUT2D eigenvalue weighted by Gasteiger charge is 2.24. The van der Waals surface area contributed by atoms with Crippen LogP contribution < -0.4 is 5.32 Å². The van der Waals surface area contributed by atoms with E-state index < -0.39 is 6.09 Å². The van der Waals surface area contributed by atoms with E-state index in [1.807, 2.05) is 6.92 Å². The molecule has 136 valence electrons. The van der Waals surface area contributed by atoms with E-state index in [4.69, 9.17) is 4.74 Å². The summed E-state index contributed by atoms with van der Waals surface area (Å²) >= 11 is 0. The first-order chi connectivity index (χ1) is 11.5. The predicted molar refractivity (Wildman–Crippen MR) is 93.5 cm³/mol. The van der Waals surface area contributed by atoms with Crippen LogP contribution in [-0.4, -0.2) is 26.4 Å². The summed E-state index contributed by atoms with van der Waals surface area (Å²) in [5.41, 5.74) is 1.92. The van der Waals surface area contributed by atoms with Gasteiger partial charge in [-0.15, -0.1) is 0 Å². The zero-order valence-corrected chi connectivity index (χ0v) is 15.2. The third-order valence-electron chi connectivity index (χ3n) is 4.28. The molecule has 0 aliphatic heterocycles. The molecule has 0 heterocycles. The monoisotopic (exact) mass is 339 g/mol. The Morgan fingerprint density at radius 3 is 2.71 bits per heavy atom. The van der Waals surface area contributed by atoms with Crippen molar-refractivity contribution in [1.82, 2.24) is 5.32 Å². The Labute approximate surface area is 144 Å². The first kappa shape index (κ1) is 20.4. The first-order valence-corrected chi connectivity index (χ1v) is 8.72. The van der Waals surface area contributed by atoms with Crippen LogP contribution in [-0.2, 0) is 9.47 Å².